The summed E-state index contributed by atoms with van der Waals surface area (Å²) in [4.78, 5) is 13.0. The van der Waals surface area contributed by atoms with Gasteiger partial charge in [-0.25, -0.2) is 0 Å². The first-order valence-electron chi connectivity index (χ1n) is 12.5. The average Bonchev–Trinajstić information content (AvgIpc) is 3.78. The predicted molar refractivity (Wildman–Crippen MR) is 137 cm³/mol. The fraction of sp³-hybridized carbons (Fsp3) is 0.607. The maximum atomic E-state index is 13.0. The van der Waals surface area contributed by atoms with Crippen LogP contribution >= 0.6 is 0 Å². The molecule has 3 aliphatic rings. The van der Waals surface area contributed by atoms with Crippen molar-refractivity contribution in [1.82, 2.24) is 5.32 Å². The summed E-state index contributed by atoms with van der Waals surface area (Å²) in [7, 11) is 6.39. The number of carbonyl (C=O) groups excluding carboxylic acids is 1. The van der Waals surface area contributed by atoms with E-state index < -0.39 is 0 Å². The van der Waals surface area contributed by atoms with Crippen LogP contribution in [0.5, 0.6) is 17.2 Å². The molecule has 1 amide bonds. The van der Waals surface area contributed by atoms with E-state index in [4.69, 9.17) is 28.4 Å². The lowest BCUT2D eigenvalue weighted by Crippen LogP contribution is -2.59. The number of nitrogens with one attached hydrogen (secondary N) is 1. The summed E-state index contributed by atoms with van der Waals surface area (Å²) in [5.41, 5.74) is 1.48. The van der Waals surface area contributed by atoms with Crippen molar-refractivity contribution in [3.05, 3.63) is 35.4 Å². The van der Waals surface area contributed by atoms with Crippen molar-refractivity contribution >= 4 is 12.0 Å². The monoisotopic (exact) mass is 501 g/mol. The summed E-state index contributed by atoms with van der Waals surface area (Å²) >= 11 is 0. The van der Waals surface area contributed by atoms with Gasteiger partial charge in [0.05, 0.1) is 51.8 Å². The second-order valence-electron chi connectivity index (χ2n) is 10.3. The molecule has 8 nitrogen and oxygen atoms in total. The number of allylic oxidation sites excluding steroid dienone is 1. The van der Waals surface area contributed by atoms with E-state index in [1.54, 1.807) is 46.6 Å². The SMILES string of the molecule is COc1cc(/C=C/C(=O)N[C@@H]2CC[C@]3(CO3)[C@@H](C3(C)O[C@@H]3CC=C(C)C)[C@@H]2OC)cc(OC)c1OC. The van der Waals surface area contributed by atoms with Crippen LogP contribution in [0.1, 0.15) is 45.6 Å². The first kappa shape index (κ1) is 26.5. The van der Waals surface area contributed by atoms with Gasteiger partial charge in [-0.05, 0) is 63.8 Å². The van der Waals surface area contributed by atoms with E-state index in [1.165, 1.54) is 11.6 Å². The first-order valence-corrected chi connectivity index (χ1v) is 12.5. The predicted octanol–water partition coefficient (Wildman–Crippen LogP) is 3.92. The molecular weight excluding hydrogens is 462 g/mol. The highest BCUT2D eigenvalue weighted by atomic mass is 16.6. The molecule has 2 saturated heterocycles. The molecule has 0 aromatic heterocycles. The molecule has 4 rings (SSSR count). The van der Waals surface area contributed by atoms with Gasteiger partial charge in [-0.1, -0.05) is 11.6 Å². The minimum absolute atomic E-state index is 0.0451. The van der Waals surface area contributed by atoms with Crippen LogP contribution < -0.4 is 19.5 Å². The third kappa shape index (κ3) is 5.12. The maximum absolute atomic E-state index is 13.0. The van der Waals surface area contributed by atoms with E-state index in [1.807, 2.05) is 0 Å². The normalized spacial score (nSPS) is 32.8. The summed E-state index contributed by atoms with van der Waals surface area (Å²) in [6.07, 6.45) is 7.92. The Bertz CT molecular complexity index is 1000. The average molecular weight is 502 g/mol. The van der Waals surface area contributed by atoms with Crippen molar-refractivity contribution in [1.29, 1.82) is 0 Å². The van der Waals surface area contributed by atoms with E-state index in [0.717, 1.165) is 24.8 Å². The Labute approximate surface area is 213 Å². The van der Waals surface area contributed by atoms with Gasteiger partial charge < -0.3 is 33.7 Å². The number of hydrogen-bond acceptors (Lipinski definition) is 7. The Balaban J connectivity index is 1.47. The molecule has 0 radical (unpaired) electrons. The third-order valence-corrected chi connectivity index (χ3v) is 7.74. The number of benzene rings is 1. The van der Waals surface area contributed by atoms with E-state index in [2.05, 4.69) is 32.2 Å². The van der Waals surface area contributed by atoms with Gasteiger partial charge >= 0.3 is 0 Å². The zero-order valence-corrected chi connectivity index (χ0v) is 22.4. The molecule has 6 atom stereocenters. The van der Waals surface area contributed by atoms with E-state index >= 15 is 0 Å². The van der Waals surface area contributed by atoms with Crippen molar-refractivity contribution in [2.75, 3.05) is 35.0 Å². The van der Waals surface area contributed by atoms with Crippen LogP contribution in [0.25, 0.3) is 6.08 Å². The van der Waals surface area contributed by atoms with Crippen molar-refractivity contribution in [2.24, 2.45) is 5.92 Å². The van der Waals surface area contributed by atoms with Gasteiger partial charge in [-0.2, -0.15) is 0 Å². The second-order valence-corrected chi connectivity index (χ2v) is 10.3. The molecule has 36 heavy (non-hydrogen) atoms. The van der Waals surface area contributed by atoms with Crippen LogP contribution in [0.4, 0.5) is 0 Å². The van der Waals surface area contributed by atoms with E-state index in [-0.39, 0.29) is 41.3 Å². The van der Waals surface area contributed by atoms with Crippen LogP contribution in [0, 0.1) is 5.92 Å². The van der Waals surface area contributed by atoms with Crippen molar-refractivity contribution < 1.29 is 33.2 Å². The van der Waals surface area contributed by atoms with Gasteiger partial charge in [-0.3, -0.25) is 4.79 Å². The molecule has 1 unspecified atom stereocenters. The third-order valence-electron chi connectivity index (χ3n) is 7.74. The quantitative estimate of drug-likeness (QED) is 0.295. The van der Waals surface area contributed by atoms with Crippen LogP contribution in [0.2, 0.25) is 0 Å². The summed E-state index contributed by atoms with van der Waals surface area (Å²) in [5.74, 6) is 1.42. The van der Waals surface area contributed by atoms with Crippen LogP contribution in [0.3, 0.4) is 0 Å². The molecule has 8 heteroatoms. The van der Waals surface area contributed by atoms with Crippen LogP contribution in [-0.2, 0) is 19.0 Å². The molecule has 1 N–H and O–H groups in total. The summed E-state index contributed by atoms with van der Waals surface area (Å²) in [6.45, 7) is 7.07. The minimum Gasteiger partial charge on any atom is -0.493 e. The lowest BCUT2D eigenvalue weighted by molar-refractivity contribution is -0.121. The van der Waals surface area contributed by atoms with Gasteiger partial charge in [0, 0.05) is 19.1 Å². The summed E-state index contributed by atoms with van der Waals surface area (Å²) < 4.78 is 34.5. The fourth-order valence-electron chi connectivity index (χ4n) is 5.74. The van der Waals surface area contributed by atoms with Gasteiger partial charge in [-0.15, -0.1) is 0 Å². The zero-order valence-electron chi connectivity index (χ0n) is 22.4. The molecule has 1 aromatic carbocycles. The first-order chi connectivity index (χ1) is 17.2. The second kappa shape index (κ2) is 10.4. The smallest absolute Gasteiger partial charge is 0.244 e. The number of methoxy groups -OCH3 is 4. The molecule has 2 heterocycles. The van der Waals surface area contributed by atoms with Gasteiger partial charge in [0.25, 0.3) is 0 Å². The number of rotatable bonds is 10. The molecule has 198 valence electrons. The van der Waals surface area contributed by atoms with Crippen LogP contribution in [-0.4, -0.2) is 70.4 Å². The number of epoxide rings is 2. The molecule has 3 fully saturated rings. The number of carbonyl (C=O) groups is 1. The van der Waals surface area contributed by atoms with Crippen molar-refractivity contribution in [3.8, 4) is 17.2 Å². The van der Waals surface area contributed by atoms with E-state index in [0.29, 0.717) is 23.9 Å². The molecule has 0 bridgehead atoms. The lowest BCUT2D eigenvalue weighted by Gasteiger charge is -2.43. The standard InChI is InChI=1S/C28H39NO7/c1-17(2)8-10-22-27(3,36-22)26-24(33-6)19(12-13-28(26)16-35-28)29-23(30)11-9-18-14-20(31-4)25(34-7)21(15-18)32-5/h8-9,11,14-15,19,22,24,26H,10,12-13,16H2,1-7H3,(H,29,30)/b11-9+/t19-,22-,24-,26-,27?,28+/m1/s1. The molecule has 1 spiro atoms. The molecule has 1 saturated carbocycles. The highest BCUT2D eigenvalue weighted by Crippen LogP contribution is 2.59. The maximum Gasteiger partial charge on any atom is 0.244 e. The number of hydrogen-bond donors (Lipinski definition) is 1. The lowest BCUT2D eigenvalue weighted by atomic mass is 9.67. The van der Waals surface area contributed by atoms with Gasteiger partial charge in [0.2, 0.25) is 11.7 Å². The van der Waals surface area contributed by atoms with Gasteiger partial charge in [0.15, 0.2) is 11.5 Å². The van der Waals surface area contributed by atoms with Gasteiger partial charge in [0.1, 0.15) is 5.60 Å². The Hall–Kier alpha value is -2.55. The summed E-state index contributed by atoms with van der Waals surface area (Å²) in [5, 5.41) is 3.17. The number of amides is 1. The minimum atomic E-state index is -0.335. The highest BCUT2D eigenvalue weighted by Gasteiger charge is 2.71. The molecule has 1 aliphatic carbocycles. The fourth-order valence-corrected chi connectivity index (χ4v) is 5.74. The van der Waals surface area contributed by atoms with Crippen LogP contribution in [0.15, 0.2) is 29.9 Å². The Morgan fingerprint density at radius 1 is 1.14 bits per heavy atom. The molecule has 1 aromatic rings. The Kier molecular flexibility index (Phi) is 7.69. The van der Waals surface area contributed by atoms with Crippen molar-refractivity contribution in [2.45, 2.75) is 69.5 Å². The van der Waals surface area contributed by atoms with E-state index in [9.17, 15) is 4.79 Å². The topological polar surface area (TPSA) is 91.1 Å². The summed E-state index contributed by atoms with van der Waals surface area (Å²) in [6, 6.07) is 3.45. The van der Waals surface area contributed by atoms with Crippen molar-refractivity contribution in [3.63, 3.8) is 0 Å². The Morgan fingerprint density at radius 2 is 1.81 bits per heavy atom. The molecular formula is C28H39NO7. The largest absolute Gasteiger partial charge is 0.493 e. The number of ether oxygens (including phenoxy) is 6. The highest BCUT2D eigenvalue weighted by molar-refractivity contribution is 5.92. The zero-order chi connectivity index (χ0) is 26.1. The molecule has 2 aliphatic heterocycles. The Morgan fingerprint density at radius 3 is 2.33 bits per heavy atom.